The van der Waals surface area contributed by atoms with Crippen LogP contribution in [0.25, 0.3) is 0 Å². The first kappa shape index (κ1) is 11.0. The number of para-hydroxylation sites is 1. The minimum Gasteiger partial charge on any atom is -0.481 e. The summed E-state index contributed by atoms with van der Waals surface area (Å²) in [6.07, 6.45) is 1.03. The molecule has 1 heterocycles. The lowest BCUT2D eigenvalue weighted by molar-refractivity contribution is -0.118. The number of rotatable bonds is 2. The summed E-state index contributed by atoms with van der Waals surface area (Å²) < 4.78 is 5.54. The molecule has 1 aromatic carbocycles. The summed E-state index contributed by atoms with van der Waals surface area (Å²) in [6, 6.07) is 5.90. The van der Waals surface area contributed by atoms with E-state index in [0.717, 1.165) is 23.4 Å². The molecule has 0 spiro atoms. The Labute approximate surface area is 95.8 Å². The Morgan fingerprint density at radius 1 is 1.44 bits per heavy atom. The lowest BCUT2D eigenvalue weighted by Crippen LogP contribution is -2.28. The second-order valence-corrected chi connectivity index (χ2v) is 4.76. The summed E-state index contributed by atoms with van der Waals surface area (Å²) in [6.45, 7) is 6.63. The molecule has 0 aliphatic carbocycles. The van der Waals surface area contributed by atoms with Crippen LogP contribution < -0.4 is 10.1 Å². The van der Waals surface area contributed by atoms with Gasteiger partial charge in [-0.3, -0.25) is 4.79 Å². The number of fused-ring (bicyclic) bond motifs is 1. The normalized spacial score (nSPS) is 15.1. The summed E-state index contributed by atoms with van der Waals surface area (Å²) in [5.41, 5.74) is 2.01. The van der Waals surface area contributed by atoms with E-state index < -0.39 is 0 Å². The van der Waals surface area contributed by atoms with Crippen LogP contribution in [0.4, 0.5) is 5.69 Å². The molecular formula is C13H17NO2. The van der Waals surface area contributed by atoms with E-state index in [-0.39, 0.29) is 17.9 Å². The Morgan fingerprint density at radius 3 is 2.88 bits per heavy atom. The number of anilines is 1. The first-order valence-corrected chi connectivity index (χ1v) is 5.61. The van der Waals surface area contributed by atoms with Gasteiger partial charge in [0.05, 0.1) is 5.69 Å². The zero-order valence-corrected chi connectivity index (χ0v) is 9.96. The van der Waals surface area contributed by atoms with Crippen molar-refractivity contribution in [2.24, 2.45) is 0 Å². The maximum atomic E-state index is 11.2. The van der Waals surface area contributed by atoms with Gasteiger partial charge in [-0.05, 0) is 17.9 Å². The van der Waals surface area contributed by atoms with Crippen molar-refractivity contribution < 1.29 is 9.53 Å². The molecule has 0 saturated carbocycles. The summed E-state index contributed by atoms with van der Waals surface area (Å²) in [4.78, 5) is 11.2. The van der Waals surface area contributed by atoms with E-state index in [4.69, 9.17) is 4.74 Å². The van der Waals surface area contributed by atoms with Gasteiger partial charge in [-0.25, -0.2) is 0 Å². The molecule has 1 N–H and O–H groups in total. The summed E-state index contributed by atoms with van der Waals surface area (Å²) in [5, 5.41) is 2.83. The molecule has 3 nitrogen and oxygen atoms in total. The lowest BCUT2D eigenvalue weighted by Gasteiger charge is -2.29. The fourth-order valence-corrected chi connectivity index (χ4v) is 1.84. The largest absolute Gasteiger partial charge is 0.481 e. The Kier molecular flexibility index (Phi) is 2.62. The topological polar surface area (TPSA) is 38.3 Å². The molecule has 0 fully saturated rings. The van der Waals surface area contributed by atoms with Crippen molar-refractivity contribution in [2.45, 2.75) is 32.6 Å². The van der Waals surface area contributed by atoms with Crippen LogP contribution in [0.15, 0.2) is 18.2 Å². The molecule has 86 valence electrons. The van der Waals surface area contributed by atoms with Crippen LogP contribution in [-0.4, -0.2) is 12.5 Å². The molecule has 0 atom stereocenters. The minimum absolute atomic E-state index is 0.0629. The Hall–Kier alpha value is -1.51. The number of carbonyl (C=O) groups excluding carboxylic acids is 1. The van der Waals surface area contributed by atoms with Crippen LogP contribution in [0.1, 0.15) is 32.8 Å². The van der Waals surface area contributed by atoms with E-state index in [1.807, 2.05) is 12.1 Å². The third kappa shape index (κ3) is 1.77. The molecule has 0 unspecified atom stereocenters. The molecule has 0 bridgehead atoms. The highest BCUT2D eigenvalue weighted by Crippen LogP contribution is 2.40. The van der Waals surface area contributed by atoms with Gasteiger partial charge in [-0.15, -0.1) is 0 Å². The lowest BCUT2D eigenvalue weighted by atomic mass is 9.81. The van der Waals surface area contributed by atoms with Gasteiger partial charge in [-0.1, -0.05) is 32.9 Å². The number of amides is 1. The van der Waals surface area contributed by atoms with Crippen LogP contribution in [0.3, 0.4) is 0 Å². The van der Waals surface area contributed by atoms with Crippen LogP contribution in [0, 0.1) is 0 Å². The molecule has 2 rings (SSSR count). The van der Waals surface area contributed by atoms with Crippen molar-refractivity contribution >= 4 is 11.6 Å². The predicted octanol–water partition coefficient (Wildman–Crippen LogP) is 2.71. The first-order chi connectivity index (χ1) is 7.54. The second-order valence-electron chi connectivity index (χ2n) is 4.76. The number of ether oxygens (including phenoxy) is 1. The van der Waals surface area contributed by atoms with Gasteiger partial charge in [0, 0.05) is 5.56 Å². The zero-order chi connectivity index (χ0) is 11.8. The fraction of sp³-hybridized carbons (Fsp3) is 0.462. The van der Waals surface area contributed by atoms with Crippen LogP contribution >= 0.6 is 0 Å². The smallest absolute Gasteiger partial charge is 0.262 e. The van der Waals surface area contributed by atoms with Crippen molar-refractivity contribution in [3.63, 3.8) is 0 Å². The molecule has 1 aromatic rings. The number of carbonyl (C=O) groups is 1. The Bertz CT molecular complexity index is 424. The quantitative estimate of drug-likeness (QED) is 0.830. The SMILES string of the molecule is CCC(C)(C)c1cccc2c1OCC(=O)N2. The second kappa shape index (κ2) is 3.81. The molecule has 0 saturated heterocycles. The Morgan fingerprint density at radius 2 is 2.19 bits per heavy atom. The van der Waals surface area contributed by atoms with Crippen LogP contribution in [0.5, 0.6) is 5.75 Å². The fourth-order valence-electron chi connectivity index (χ4n) is 1.84. The van der Waals surface area contributed by atoms with Gasteiger partial charge >= 0.3 is 0 Å². The van der Waals surface area contributed by atoms with Gasteiger partial charge in [0.2, 0.25) is 0 Å². The molecule has 1 aliphatic rings. The van der Waals surface area contributed by atoms with E-state index in [1.54, 1.807) is 0 Å². The van der Waals surface area contributed by atoms with Crippen molar-refractivity contribution in [2.75, 3.05) is 11.9 Å². The zero-order valence-electron chi connectivity index (χ0n) is 9.96. The number of hydrogen-bond acceptors (Lipinski definition) is 2. The highest BCUT2D eigenvalue weighted by Gasteiger charge is 2.27. The number of benzene rings is 1. The van der Waals surface area contributed by atoms with E-state index in [1.165, 1.54) is 0 Å². The van der Waals surface area contributed by atoms with Crippen molar-refractivity contribution in [1.29, 1.82) is 0 Å². The molecule has 0 radical (unpaired) electrons. The van der Waals surface area contributed by atoms with Gasteiger partial charge in [0.25, 0.3) is 5.91 Å². The molecule has 1 amide bonds. The van der Waals surface area contributed by atoms with Gasteiger partial charge in [-0.2, -0.15) is 0 Å². The van der Waals surface area contributed by atoms with Crippen molar-refractivity contribution in [1.82, 2.24) is 0 Å². The maximum Gasteiger partial charge on any atom is 0.262 e. The standard InChI is InChI=1S/C13H17NO2/c1-4-13(2,3)9-6-5-7-10-12(9)16-8-11(15)14-10/h5-7H,4,8H2,1-3H3,(H,14,15). The molecule has 3 heteroatoms. The molecule has 0 aromatic heterocycles. The minimum atomic E-state index is -0.0843. The van der Waals surface area contributed by atoms with Crippen LogP contribution in [0.2, 0.25) is 0 Å². The van der Waals surface area contributed by atoms with Gasteiger partial charge in [0.1, 0.15) is 5.75 Å². The third-order valence-corrected chi connectivity index (χ3v) is 3.25. The van der Waals surface area contributed by atoms with E-state index in [0.29, 0.717) is 0 Å². The Balaban J connectivity index is 2.49. The van der Waals surface area contributed by atoms with E-state index >= 15 is 0 Å². The first-order valence-electron chi connectivity index (χ1n) is 5.61. The highest BCUT2D eigenvalue weighted by atomic mass is 16.5. The van der Waals surface area contributed by atoms with E-state index in [2.05, 4.69) is 32.2 Å². The van der Waals surface area contributed by atoms with Gasteiger partial charge < -0.3 is 10.1 Å². The average molecular weight is 219 g/mol. The molecule has 16 heavy (non-hydrogen) atoms. The van der Waals surface area contributed by atoms with E-state index in [9.17, 15) is 4.79 Å². The molecule has 1 aliphatic heterocycles. The predicted molar refractivity (Wildman–Crippen MR) is 63.9 cm³/mol. The summed E-state index contributed by atoms with van der Waals surface area (Å²) >= 11 is 0. The number of hydrogen-bond donors (Lipinski definition) is 1. The molecular weight excluding hydrogens is 202 g/mol. The maximum absolute atomic E-state index is 11.2. The average Bonchev–Trinajstić information content (AvgIpc) is 2.27. The van der Waals surface area contributed by atoms with Crippen LogP contribution in [-0.2, 0) is 10.2 Å². The summed E-state index contributed by atoms with van der Waals surface area (Å²) in [7, 11) is 0. The monoisotopic (exact) mass is 219 g/mol. The van der Waals surface area contributed by atoms with Crippen molar-refractivity contribution in [3.05, 3.63) is 23.8 Å². The number of nitrogens with one attached hydrogen (secondary N) is 1. The highest BCUT2D eigenvalue weighted by molar-refractivity contribution is 5.95. The third-order valence-electron chi connectivity index (χ3n) is 3.25. The summed E-state index contributed by atoms with van der Waals surface area (Å²) in [5.74, 6) is 0.743. The van der Waals surface area contributed by atoms with Crippen molar-refractivity contribution in [3.8, 4) is 5.75 Å². The van der Waals surface area contributed by atoms with Gasteiger partial charge in [0.15, 0.2) is 6.61 Å².